The minimum atomic E-state index is -3.41. The van der Waals surface area contributed by atoms with Crippen LogP contribution in [-0.2, 0) is 16.6 Å². The van der Waals surface area contributed by atoms with E-state index in [-0.39, 0.29) is 6.04 Å². The molecule has 0 aliphatic carbocycles. The molecule has 2 rings (SSSR count). The number of rotatable bonds is 4. The molecule has 1 aliphatic rings. The summed E-state index contributed by atoms with van der Waals surface area (Å²) < 4.78 is 27.0. The van der Waals surface area contributed by atoms with Crippen molar-refractivity contribution in [2.45, 2.75) is 30.8 Å². The van der Waals surface area contributed by atoms with Gasteiger partial charge in [0, 0.05) is 32.2 Å². The molecule has 0 radical (unpaired) electrons. The third-order valence-electron chi connectivity index (χ3n) is 3.98. The summed E-state index contributed by atoms with van der Waals surface area (Å²) in [6.07, 6.45) is 0.950. The lowest BCUT2D eigenvalue weighted by atomic mass is 10.1. The lowest BCUT2D eigenvalue weighted by Gasteiger charge is -2.38. The minimum Gasteiger partial charge on any atom is -0.326 e. The summed E-state index contributed by atoms with van der Waals surface area (Å²) >= 11 is 0. The van der Waals surface area contributed by atoms with Crippen LogP contribution in [0, 0.1) is 0 Å². The highest BCUT2D eigenvalue weighted by atomic mass is 32.2. The lowest BCUT2D eigenvalue weighted by Crippen LogP contribution is -2.52. The molecule has 0 spiro atoms. The number of nitrogens with zero attached hydrogens (tertiary/aromatic N) is 2. The van der Waals surface area contributed by atoms with E-state index in [1.165, 1.54) is 0 Å². The van der Waals surface area contributed by atoms with Crippen molar-refractivity contribution in [3.8, 4) is 0 Å². The van der Waals surface area contributed by atoms with Gasteiger partial charge in [-0.05, 0) is 31.2 Å². The highest BCUT2D eigenvalue weighted by Gasteiger charge is 2.31. The summed E-state index contributed by atoms with van der Waals surface area (Å²) in [6, 6.07) is 7.21. The zero-order valence-electron chi connectivity index (χ0n) is 12.1. The van der Waals surface area contributed by atoms with Gasteiger partial charge in [-0.3, -0.25) is 0 Å². The fourth-order valence-corrected chi connectivity index (χ4v) is 4.10. The largest absolute Gasteiger partial charge is 0.326 e. The van der Waals surface area contributed by atoms with Crippen molar-refractivity contribution in [1.82, 2.24) is 9.21 Å². The average Bonchev–Trinajstić information content (AvgIpc) is 2.47. The molecule has 0 saturated carbocycles. The van der Waals surface area contributed by atoms with Crippen molar-refractivity contribution in [3.05, 3.63) is 29.8 Å². The molecule has 6 heteroatoms. The first kappa shape index (κ1) is 15.4. The van der Waals surface area contributed by atoms with Crippen molar-refractivity contribution in [1.29, 1.82) is 0 Å². The van der Waals surface area contributed by atoms with E-state index in [0.29, 0.717) is 24.5 Å². The fourth-order valence-electron chi connectivity index (χ4n) is 2.56. The average molecular weight is 297 g/mol. The first-order valence-electron chi connectivity index (χ1n) is 6.98. The predicted octanol–water partition coefficient (Wildman–Crippen LogP) is 0.860. The van der Waals surface area contributed by atoms with Crippen molar-refractivity contribution >= 4 is 10.0 Å². The highest BCUT2D eigenvalue weighted by Crippen LogP contribution is 2.21. The Morgan fingerprint density at radius 3 is 2.75 bits per heavy atom. The first-order chi connectivity index (χ1) is 9.48. The Labute approximate surface area is 121 Å². The first-order valence-corrected chi connectivity index (χ1v) is 8.42. The Kier molecular flexibility index (Phi) is 4.80. The van der Waals surface area contributed by atoms with Gasteiger partial charge in [0.05, 0.1) is 4.90 Å². The van der Waals surface area contributed by atoms with Gasteiger partial charge in [-0.2, -0.15) is 4.31 Å². The summed E-state index contributed by atoms with van der Waals surface area (Å²) in [5, 5.41) is 0. The second-order valence-corrected chi connectivity index (χ2v) is 7.20. The topological polar surface area (TPSA) is 66.6 Å². The van der Waals surface area contributed by atoms with E-state index in [1.807, 2.05) is 13.1 Å². The molecule has 1 heterocycles. The number of nitrogens with two attached hydrogens (primary N) is 1. The van der Waals surface area contributed by atoms with E-state index in [9.17, 15) is 8.42 Å². The number of benzene rings is 1. The smallest absolute Gasteiger partial charge is 0.243 e. The van der Waals surface area contributed by atoms with E-state index in [2.05, 4.69) is 11.8 Å². The summed E-state index contributed by atoms with van der Waals surface area (Å²) in [7, 11) is -1.36. The molecule has 1 aliphatic heterocycles. The Hall–Kier alpha value is -0.950. The van der Waals surface area contributed by atoms with E-state index >= 15 is 0 Å². The zero-order valence-corrected chi connectivity index (χ0v) is 12.9. The summed E-state index contributed by atoms with van der Waals surface area (Å²) in [5.74, 6) is 0. The molecule has 112 valence electrons. The maximum Gasteiger partial charge on any atom is 0.243 e. The van der Waals surface area contributed by atoms with E-state index < -0.39 is 10.0 Å². The normalized spacial score (nSPS) is 22.1. The standard InChI is InChI=1S/C14H23N3O2S/c1-3-13-11-17(8-7-16(13)2)20(18,19)14-6-4-5-12(9-14)10-15/h4-6,9,13H,3,7-8,10-11,15H2,1-2H3. The fraction of sp³-hybridized carbons (Fsp3) is 0.571. The number of sulfonamides is 1. The molecule has 0 aromatic heterocycles. The lowest BCUT2D eigenvalue weighted by molar-refractivity contribution is 0.144. The number of hydrogen-bond donors (Lipinski definition) is 1. The van der Waals surface area contributed by atoms with E-state index in [0.717, 1.165) is 18.5 Å². The molecule has 0 bridgehead atoms. The van der Waals surface area contributed by atoms with Crippen molar-refractivity contribution in [3.63, 3.8) is 0 Å². The van der Waals surface area contributed by atoms with Gasteiger partial charge in [0.2, 0.25) is 10.0 Å². The van der Waals surface area contributed by atoms with Crippen LogP contribution in [0.25, 0.3) is 0 Å². The van der Waals surface area contributed by atoms with Crippen molar-refractivity contribution < 1.29 is 8.42 Å². The second-order valence-electron chi connectivity index (χ2n) is 5.26. The summed E-state index contributed by atoms with van der Waals surface area (Å²) in [6.45, 7) is 4.31. The molecular formula is C14H23N3O2S. The Morgan fingerprint density at radius 1 is 1.35 bits per heavy atom. The van der Waals surface area contributed by atoms with Crippen LogP contribution in [0.2, 0.25) is 0 Å². The molecule has 0 amide bonds. The maximum absolute atomic E-state index is 12.7. The van der Waals surface area contributed by atoms with Crippen LogP contribution in [-0.4, -0.2) is 50.3 Å². The van der Waals surface area contributed by atoms with Gasteiger partial charge in [0.25, 0.3) is 0 Å². The molecule has 1 aromatic rings. The van der Waals surface area contributed by atoms with Crippen LogP contribution in [0.1, 0.15) is 18.9 Å². The van der Waals surface area contributed by atoms with E-state index in [1.54, 1.807) is 22.5 Å². The Balaban J connectivity index is 2.25. The van der Waals surface area contributed by atoms with Gasteiger partial charge >= 0.3 is 0 Å². The van der Waals surface area contributed by atoms with Crippen molar-refractivity contribution in [2.24, 2.45) is 5.73 Å². The number of likely N-dealkylation sites (N-methyl/N-ethyl adjacent to an activating group) is 1. The molecule has 2 N–H and O–H groups in total. The molecule has 5 nitrogen and oxygen atoms in total. The van der Waals surface area contributed by atoms with Crippen molar-refractivity contribution in [2.75, 3.05) is 26.7 Å². The van der Waals surface area contributed by atoms with Crippen LogP contribution in [0.3, 0.4) is 0 Å². The molecule has 20 heavy (non-hydrogen) atoms. The van der Waals surface area contributed by atoms with Gasteiger partial charge in [-0.25, -0.2) is 8.42 Å². The quantitative estimate of drug-likeness (QED) is 0.895. The molecule has 1 fully saturated rings. The van der Waals surface area contributed by atoms with Gasteiger partial charge < -0.3 is 10.6 Å². The zero-order chi connectivity index (χ0) is 14.8. The highest BCUT2D eigenvalue weighted by molar-refractivity contribution is 7.89. The van der Waals surface area contributed by atoms with Gasteiger partial charge in [0.15, 0.2) is 0 Å². The van der Waals surface area contributed by atoms with Crippen LogP contribution in [0.15, 0.2) is 29.2 Å². The molecule has 1 unspecified atom stereocenters. The second kappa shape index (κ2) is 6.22. The Morgan fingerprint density at radius 2 is 2.10 bits per heavy atom. The van der Waals surface area contributed by atoms with Gasteiger partial charge in [-0.15, -0.1) is 0 Å². The monoisotopic (exact) mass is 297 g/mol. The van der Waals surface area contributed by atoms with E-state index in [4.69, 9.17) is 5.73 Å². The molecule has 1 aromatic carbocycles. The maximum atomic E-state index is 12.7. The van der Waals surface area contributed by atoms with Crippen LogP contribution in [0.5, 0.6) is 0 Å². The van der Waals surface area contributed by atoms with Gasteiger partial charge in [-0.1, -0.05) is 19.1 Å². The van der Waals surface area contributed by atoms with Crippen LogP contribution < -0.4 is 5.73 Å². The SMILES string of the molecule is CCC1CN(S(=O)(=O)c2cccc(CN)c2)CCN1C. The summed E-state index contributed by atoms with van der Waals surface area (Å²) in [5.41, 5.74) is 6.43. The third-order valence-corrected chi connectivity index (χ3v) is 5.84. The number of piperazine rings is 1. The van der Waals surface area contributed by atoms with Crippen LogP contribution >= 0.6 is 0 Å². The predicted molar refractivity (Wildman–Crippen MR) is 79.8 cm³/mol. The summed E-state index contributed by atoms with van der Waals surface area (Å²) in [4.78, 5) is 2.57. The van der Waals surface area contributed by atoms with Gasteiger partial charge in [0.1, 0.15) is 0 Å². The third kappa shape index (κ3) is 3.03. The molecule has 1 atom stereocenters. The Bertz CT molecular complexity index is 559. The minimum absolute atomic E-state index is 0.288. The van der Waals surface area contributed by atoms with Crippen LogP contribution in [0.4, 0.5) is 0 Å². The molecule has 1 saturated heterocycles. The molecular weight excluding hydrogens is 274 g/mol. The number of hydrogen-bond acceptors (Lipinski definition) is 4.